The summed E-state index contributed by atoms with van der Waals surface area (Å²) in [5.74, 6) is -0.458. The van der Waals surface area contributed by atoms with Crippen LogP contribution >= 0.6 is 23.2 Å². The van der Waals surface area contributed by atoms with Crippen molar-refractivity contribution in [3.05, 3.63) is 124 Å². The number of hydrogen-bond acceptors (Lipinski definition) is 5. The number of nitrogens with zero attached hydrogens (tertiary/aromatic N) is 2. The minimum atomic E-state index is -4.23. The molecule has 0 saturated heterocycles. The van der Waals surface area contributed by atoms with Crippen molar-refractivity contribution in [2.24, 2.45) is 0 Å². The number of carbonyl (C=O) groups excluding carboxylic acids is 2. The average Bonchev–Trinajstić information content (AvgIpc) is 3.04. The average molecular weight is 669 g/mol. The number of amides is 2. The minimum absolute atomic E-state index is 0.0116. The number of halogens is 2. The molecule has 0 saturated carbocycles. The van der Waals surface area contributed by atoms with E-state index in [1.807, 2.05) is 44.2 Å². The zero-order valence-electron chi connectivity index (χ0n) is 25.2. The number of ether oxygens (including phenoxy) is 1. The van der Waals surface area contributed by atoms with Gasteiger partial charge in [0.2, 0.25) is 11.8 Å². The Morgan fingerprint density at radius 1 is 0.867 bits per heavy atom. The highest BCUT2D eigenvalue weighted by Crippen LogP contribution is 2.28. The summed E-state index contributed by atoms with van der Waals surface area (Å²) in [7, 11) is -2.73. The molecule has 45 heavy (non-hydrogen) atoms. The molecule has 4 rings (SSSR count). The van der Waals surface area contributed by atoms with Crippen molar-refractivity contribution in [2.45, 2.75) is 37.8 Å². The highest BCUT2D eigenvalue weighted by molar-refractivity contribution is 7.92. The van der Waals surface area contributed by atoms with Crippen molar-refractivity contribution in [1.29, 1.82) is 0 Å². The first kappa shape index (κ1) is 33.8. The van der Waals surface area contributed by atoms with E-state index in [0.29, 0.717) is 33.7 Å². The Kier molecular flexibility index (Phi) is 11.5. The van der Waals surface area contributed by atoms with Crippen LogP contribution in [0.1, 0.15) is 23.6 Å². The van der Waals surface area contributed by atoms with Gasteiger partial charge in [0, 0.05) is 20.0 Å². The summed E-state index contributed by atoms with van der Waals surface area (Å²) in [6, 6.07) is 26.2. The molecule has 0 radical (unpaired) electrons. The summed E-state index contributed by atoms with van der Waals surface area (Å²) in [5.41, 5.74) is 2.68. The summed E-state index contributed by atoms with van der Waals surface area (Å²) in [6.45, 7) is 3.56. The third-order valence-corrected chi connectivity index (χ3v) is 9.71. The molecular formula is C34H35Cl2N3O5S. The molecule has 1 atom stereocenters. The zero-order valence-corrected chi connectivity index (χ0v) is 27.6. The fraction of sp³-hybridized carbons (Fsp3) is 0.235. The van der Waals surface area contributed by atoms with Crippen LogP contribution in [0.25, 0.3) is 0 Å². The molecule has 0 fully saturated rings. The monoisotopic (exact) mass is 667 g/mol. The highest BCUT2D eigenvalue weighted by Gasteiger charge is 2.34. The van der Waals surface area contributed by atoms with Crippen molar-refractivity contribution >= 4 is 50.7 Å². The van der Waals surface area contributed by atoms with Gasteiger partial charge in [-0.1, -0.05) is 77.3 Å². The summed E-state index contributed by atoms with van der Waals surface area (Å²) < 4.78 is 34.8. The fourth-order valence-electron chi connectivity index (χ4n) is 4.80. The molecule has 2 amide bonds. The molecule has 0 aromatic heterocycles. The maximum atomic E-state index is 14.4. The summed E-state index contributed by atoms with van der Waals surface area (Å²) in [6.07, 6.45) is 0.198. The van der Waals surface area contributed by atoms with Crippen molar-refractivity contribution in [3.8, 4) is 5.75 Å². The van der Waals surface area contributed by atoms with Gasteiger partial charge in [-0.25, -0.2) is 8.42 Å². The molecule has 0 heterocycles. The van der Waals surface area contributed by atoms with Crippen LogP contribution in [0.15, 0.2) is 102 Å². The van der Waals surface area contributed by atoms with Crippen molar-refractivity contribution < 1.29 is 22.7 Å². The molecular weight excluding hydrogens is 633 g/mol. The van der Waals surface area contributed by atoms with E-state index in [1.54, 1.807) is 54.6 Å². The third kappa shape index (κ3) is 8.57. The molecule has 4 aromatic rings. The number of sulfonamides is 1. The number of anilines is 1. The second-order valence-corrected chi connectivity index (χ2v) is 13.0. The lowest BCUT2D eigenvalue weighted by atomic mass is 10.0. The van der Waals surface area contributed by atoms with Gasteiger partial charge in [0.25, 0.3) is 10.0 Å². The van der Waals surface area contributed by atoms with E-state index in [9.17, 15) is 18.0 Å². The molecule has 1 N–H and O–H groups in total. The highest BCUT2D eigenvalue weighted by atomic mass is 35.5. The Balaban J connectivity index is 1.78. The topological polar surface area (TPSA) is 96.0 Å². The first-order chi connectivity index (χ1) is 21.5. The molecule has 11 heteroatoms. The van der Waals surface area contributed by atoms with Gasteiger partial charge in [0.1, 0.15) is 18.3 Å². The molecule has 0 aliphatic carbocycles. The predicted octanol–water partition coefficient (Wildman–Crippen LogP) is 6.28. The number of nitrogens with one attached hydrogen (secondary N) is 1. The Morgan fingerprint density at radius 3 is 2.13 bits per heavy atom. The van der Waals surface area contributed by atoms with E-state index in [0.717, 1.165) is 15.4 Å². The molecule has 0 aliphatic rings. The molecule has 1 unspecified atom stereocenters. The van der Waals surface area contributed by atoms with Gasteiger partial charge in [-0.3, -0.25) is 13.9 Å². The maximum absolute atomic E-state index is 14.4. The number of likely N-dealkylation sites (N-methyl/N-ethyl adjacent to an activating group) is 1. The maximum Gasteiger partial charge on any atom is 0.264 e. The molecule has 0 bridgehead atoms. The first-order valence-electron chi connectivity index (χ1n) is 14.3. The number of hydrogen-bond donors (Lipinski definition) is 1. The molecule has 8 nitrogen and oxygen atoms in total. The van der Waals surface area contributed by atoms with Crippen LogP contribution in [0.4, 0.5) is 5.69 Å². The Morgan fingerprint density at radius 2 is 1.53 bits per heavy atom. The lowest BCUT2D eigenvalue weighted by molar-refractivity contribution is -0.139. The van der Waals surface area contributed by atoms with Crippen LogP contribution in [0.2, 0.25) is 10.0 Å². The lowest BCUT2D eigenvalue weighted by Crippen LogP contribution is -2.53. The van der Waals surface area contributed by atoms with E-state index >= 15 is 0 Å². The third-order valence-electron chi connectivity index (χ3n) is 7.18. The van der Waals surface area contributed by atoms with Crippen molar-refractivity contribution in [2.75, 3.05) is 24.5 Å². The molecule has 236 valence electrons. The van der Waals surface area contributed by atoms with Crippen molar-refractivity contribution in [1.82, 2.24) is 10.2 Å². The number of aryl methyl sites for hydroxylation is 1. The van der Waals surface area contributed by atoms with Crippen molar-refractivity contribution in [3.63, 3.8) is 0 Å². The Labute approximate surface area is 274 Å². The summed E-state index contributed by atoms with van der Waals surface area (Å²) in [5, 5.41) is 3.30. The standard InChI is InChI=1S/C34H35Cl2N3O5S/c1-4-44-28-15-17-29(18-16-28)45(42,43)39(27-13-10-24(2)11-14-27)23-33(40)38(22-26-12-19-30(35)31(36)20-26)32(34(41)37-3)21-25-8-6-5-7-9-25/h5-20,32H,4,21-23H2,1-3H3,(H,37,41). The smallest absolute Gasteiger partial charge is 0.264 e. The minimum Gasteiger partial charge on any atom is -0.494 e. The Bertz CT molecular complexity index is 1720. The van der Waals surface area contributed by atoms with Crippen LogP contribution in [-0.2, 0) is 32.6 Å². The van der Waals surface area contributed by atoms with Gasteiger partial charge in [-0.2, -0.15) is 0 Å². The van der Waals surface area contributed by atoms with Crippen LogP contribution in [0, 0.1) is 6.92 Å². The van der Waals surface area contributed by atoms with Gasteiger partial charge in [0.05, 0.1) is 27.2 Å². The number of carbonyl (C=O) groups is 2. The van der Waals surface area contributed by atoms with E-state index in [4.69, 9.17) is 27.9 Å². The molecule has 0 aliphatic heterocycles. The van der Waals surface area contributed by atoms with Gasteiger partial charge in [-0.15, -0.1) is 0 Å². The van der Waals surface area contributed by atoms with Gasteiger partial charge in [-0.05, 0) is 73.5 Å². The van der Waals surface area contributed by atoms with E-state index in [1.165, 1.54) is 24.1 Å². The number of benzene rings is 4. The van der Waals surface area contributed by atoms with E-state index < -0.39 is 34.4 Å². The summed E-state index contributed by atoms with van der Waals surface area (Å²) >= 11 is 12.4. The first-order valence-corrected chi connectivity index (χ1v) is 16.5. The fourth-order valence-corrected chi connectivity index (χ4v) is 6.53. The predicted molar refractivity (Wildman–Crippen MR) is 178 cm³/mol. The van der Waals surface area contributed by atoms with Crippen LogP contribution in [-0.4, -0.2) is 51.4 Å². The second kappa shape index (κ2) is 15.3. The molecule has 0 spiro atoms. The lowest BCUT2D eigenvalue weighted by Gasteiger charge is -2.33. The van der Waals surface area contributed by atoms with Crippen LogP contribution in [0.5, 0.6) is 5.75 Å². The van der Waals surface area contributed by atoms with Crippen LogP contribution in [0.3, 0.4) is 0 Å². The van der Waals surface area contributed by atoms with Crippen LogP contribution < -0.4 is 14.4 Å². The second-order valence-electron chi connectivity index (χ2n) is 10.3. The van der Waals surface area contributed by atoms with E-state index in [2.05, 4.69) is 5.32 Å². The van der Waals surface area contributed by atoms with Gasteiger partial charge in [0.15, 0.2) is 0 Å². The molecule has 4 aromatic carbocycles. The summed E-state index contributed by atoms with van der Waals surface area (Å²) in [4.78, 5) is 29.1. The van der Waals surface area contributed by atoms with Gasteiger partial charge >= 0.3 is 0 Å². The quantitative estimate of drug-likeness (QED) is 0.181. The number of rotatable bonds is 13. The Hall–Kier alpha value is -4.05. The normalized spacial score (nSPS) is 11.8. The van der Waals surface area contributed by atoms with E-state index in [-0.39, 0.29) is 17.9 Å². The SMILES string of the molecule is CCOc1ccc(S(=O)(=O)N(CC(=O)N(Cc2ccc(Cl)c(Cl)c2)C(Cc2ccccc2)C(=O)NC)c2ccc(C)cc2)cc1. The zero-order chi connectivity index (χ0) is 32.6. The largest absolute Gasteiger partial charge is 0.494 e. The van der Waals surface area contributed by atoms with Gasteiger partial charge < -0.3 is 15.0 Å².